The highest BCUT2D eigenvalue weighted by molar-refractivity contribution is 7.89. The smallest absolute Gasteiger partial charge is 0.325 e. The van der Waals surface area contributed by atoms with Crippen molar-refractivity contribution in [2.75, 3.05) is 7.05 Å². The van der Waals surface area contributed by atoms with E-state index < -0.39 is 16.0 Å². The molecule has 0 aromatic carbocycles. The fourth-order valence-electron chi connectivity index (χ4n) is 1.59. The van der Waals surface area contributed by atoms with Crippen LogP contribution in [0.1, 0.15) is 5.56 Å². The summed E-state index contributed by atoms with van der Waals surface area (Å²) in [6, 6.07) is 0. The third-order valence-electron chi connectivity index (χ3n) is 2.58. The number of aliphatic carboxylic acids is 1. The summed E-state index contributed by atoms with van der Waals surface area (Å²) >= 11 is 0. The molecule has 20 heavy (non-hydrogen) atoms. The highest BCUT2D eigenvalue weighted by Crippen LogP contribution is 2.15. The monoisotopic (exact) mass is 299 g/mol. The van der Waals surface area contributed by atoms with Crippen molar-refractivity contribution >= 4 is 16.0 Å². The molecule has 0 unspecified atom stereocenters. The molecule has 2 aromatic rings. The van der Waals surface area contributed by atoms with Crippen LogP contribution in [-0.4, -0.2) is 50.8 Å². The molecule has 0 atom stereocenters. The van der Waals surface area contributed by atoms with Crippen molar-refractivity contribution < 1.29 is 18.3 Å². The van der Waals surface area contributed by atoms with Crippen LogP contribution in [0.5, 0.6) is 0 Å². The van der Waals surface area contributed by atoms with Crippen LogP contribution in [0.25, 0.3) is 0 Å². The van der Waals surface area contributed by atoms with Gasteiger partial charge in [0, 0.05) is 31.5 Å². The quantitative estimate of drug-likeness (QED) is 0.742. The van der Waals surface area contributed by atoms with E-state index in [0.717, 1.165) is 15.2 Å². The minimum Gasteiger partial charge on any atom is -0.480 e. The first-order valence-corrected chi connectivity index (χ1v) is 7.02. The molecule has 2 heterocycles. The van der Waals surface area contributed by atoms with E-state index >= 15 is 0 Å². The van der Waals surface area contributed by atoms with Gasteiger partial charge >= 0.3 is 5.97 Å². The fourth-order valence-corrected chi connectivity index (χ4v) is 2.70. The molecule has 0 aliphatic rings. The van der Waals surface area contributed by atoms with Crippen LogP contribution in [0.2, 0.25) is 0 Å². The maximum absolute atomic E-state index is 12.3. The minimum absolute atomic E-state index is 0.0512. The lowest BCUT2D eigenvalue weighted by atomic mass is 10.4. The zero-order chi connectivity index (χ0) is 14.8. The fraction of sp³-hybridized carbons (Fsp3) is 0.300. The first kappa shape index (κ1) is 14.2. The summed E-state index contributed by atoms with van der Waals surface area (Å²) in [5, 5.41) is 18.7. The number of rotatable bonds is 6. The molecule has 0 spiro atoms. The van der Waals surface area contributed by atoms with E-state index in [1.54, 1.807) is 6.20 Å². The Morgan fingerprint density at radius 3 is 2.85 bits per heavy atom. The topological polar surface area (TPSA) is 121 Å². The lowest BCUT2D eigenvalue weighted by Crippen LogP contribution is -2.26. The number of carboxylic acids is 1. The lowest BCUT2D eigenvalue weighted by molar-refractivity contribution is -0.137. The van der Waals surface area contributed by atoms with Crippen LogP contribution in [0.15, 0.2) is 29.7 Å². The molecule has 0 fully saturated rings. The van der Waals surface area contributed by atoms with Gasteiger partial charge in [-0.3, -0.25) is 14.6 Å². The highest BCUT2D eigenvalue weighted by Gasteiger charge is 2.23. The van der Waals surface area contributed by atoms with E-state index in [1.807, 2.05) is 0 Å². The number of hydrogen-bond acceptors (Lipinski definition) is 5. The summed E-state index contributed by atoms with van der Waals surface area (Å²) in [6.07, 6.45) is 5.44. The number of H-pyrrole nitrogens is 1. The van der Waals surface area contributed by atoms with Gasteiger partial charge in [0.05, 0.1) is 12.4 Å². The molecule has 0 saturated heterocycles. The van der Waals surface area contributed by atoms with E-state index in [1.165, 1.54) is 19.4 Å². The Bertz CT molecular complexity index is 691. The predicted molar refractivity (Wildman–Crippen MR) is 67.1 cm³/mol. The maximum Gasteiger partial charge on any atom is 0.325 e. The van der Waals surface area contributed by atoms with Gasteiger partial charge in [-0.2, -0.15) is 14.5 Å². The number of nitrogens with zero attached hydrogens (tertiary/aromatic N) is 4. The Morgan fingerprint density at radius 1 is 1.50 bits per heavy atom. The van der Waals surface area contributed by atoms with Crippen LogP contribution < -0.4 is 0 Å². The van der Waals surface area contributed by atoms with Crippen LogP contribution in [0.3, 0.4) is 0 Å². The molecule has 0 aliphatic heterocycles. The molecule has 2 aromatic heterocycles. The van der Waals surface area contributed by atoms with Gasteiger partial charge in [-0.15, -0.1) is 0 Å². The van der Waals surface area contributed by atoms with Crippen molar-refractivity contribution in [1.82, 2.24) is 24.3 Å². The molecule has 0 radical (unpaired) electrons. The molecule has 9 nitrogen and oxygen atoms in total. The van der Waals surface area contributed by atoms with Gasteiger partial charge in [0.15, 0.2) is 0 Å². The summed E-state index contributed by atoms with van der Waals surface area (Å²) in [7, 11) is -2.29. The third kappa shape index (κ3) is 3.03. The predicted octanol–water partition coefficient (Wildman–Crippen LogP) is -0.489. The van der Waals surface area contributed by atoms with Crippen molar-refractivity contribution in [3.8, 4) is 0 Å². The number of carboxylic acid groups (broad SMARTS) is 1. The van der Waals surface area contributed by atoms with Gasteiger partial charge in [-0.25, -0.2) is 8.42 Å². The van der Waals surface area contributed by atoms with Gasteiger partial charge in [0.1, 0.15) is 11.4 Å². The summed E-state index contributed by atoms with van der Waals surface area (Å²) in [6.45, 7) is -0.232. The van der Waals surface area contributed by atoms with Crippen molar-refractivity contribution in [1.29, 1.82) is 0 Å². The second-order valence-corrected chi connectivity index (χ2v) is 6.18. The summed E-state index contributed by atoms with van der Waals surface area (Å²) < 4.78 is 26.7. The van der Waals surface area contributed by atoms with Gasteiger partial charge in [0.2, 0.25) is 10.0 Å². The Hall–Kier alpha value is -2.20. The largest absolute Gasteiger partial charge is 0.480 e. The number of aromatic amines is 1. The molecule has 0 saturated carbocycles. The zero-order valence-corrected chi connectivity index (χ0v) is 11.4. The van der Waals surface area contributed by atoms with E-state index in [9.17, 15) is 13.2 Å². The van der Waals surface area contributed by atoms with E-state index in [0.29, 0.717) is 5.56 Å². The molecule has 10 heteroatoms. The number of hydrogen-bond donors (Lipinski definition) is 2. The summed E-state index contributed by atoms with van der Waals surface area (Å²) in [4.78, 5) is 10.5. The molecular weight excluding hydrogens is 286 g/mol. The Labute approximate surface area is 114 Å². The van der Waals surface area contributed by atoms with E-state index in [2.05, 4.69) is 15.3 Å². The second kappa shape index (κ2) is 5.43. The van der Waals surface area contributed by atoms with E-state index in [4.69, 9.17) is 5.11 Å². The standard InChI is InChI=1S/C10H13N5O4S/c1-14(5-8-2-11-12-3-8)20(18,19)9-4-13-15(6-9)7-10(16)17/h2-4,6H,5,7H2,1H3,(H,11,12)(H,16,17). The first-order valence-electron chi connectivity index (χ1n) is 5.58. The first-order chi connectivity index (χ1) is 9.39. The molecule has 0 bridgehead atoms. The Balaban J connectivity index is 2.16. The third-order valence-corrected chi connectivity index (χ3v) is 4.33. The summed E-state index contributed by atoms with van der Waals surface area (Å²) in [5.74, 6) is -1.09. The van der Waals surface area contributed by atoms with Crippen LogP contribution in [0, 0.1) is 0 Å². The number of carbonyl (C=O) groups is 1. The zero-order valence-electron chi connectivity index (χ0n) is 10.6. The SMILES string of the molecule is CN(Cc1cn[nH]c1)S(=O)(=O)c1cnn(CC(=O)O)c1. The van der Waals surface area contributed by atoms with Crippen molar-refractivity contribution in [2.45, 2.75) is 18.0 Å². The Kier molecular flexibility index (Phi) is 3.86. The minimum atomic E-state index is -3.71. The van der Waals surface area contributed by atoms with Crippen LogP contribution in [0.4, 0.5) is 0 Å². The molecule has 0 aliphatic carbocycles. The highest BCUT2D eigenvalue weighted by atomic mass is 32.2. The van der Waals surface area contributed by atoms with Crippen molar-refractivity contribution in [3.63, 3.8) is 0 Å². The average molecular weight is 299 g/mol. The normalized spacial score (nSPS) is 11.9. The van der Waals surface area contributed by atoms with Gasteiger partial charge in [-0.05, 0) is 0 Å². The van der Waals surface area contributed by atoms with Crippen LogP contribution in [-0.2, 0) is 27.9 Å². The number of aromatic nitrogens is 4. The van der Waals surface area contributed by atoms with Gasteiger partial charge < -0.3 is 5.11 Å². The second-order valence-electron chi connectivity index (χ2n) is 4.13. The molecule has 0 amide bonds. The van der Waals surface area contributed by atoms with Crippen molar-refractivity contribution in [2.24, 2.45) is 0 Å². The number of nitrogens with one attached hydrogen (secondary N) is 1. The molecule has 2 N–H and O–H groups in total. The summed E-state index contributed by atoms with van der Waals surface area (Å²) in [5.41, 5.74) is 0.717. The van der Waals surface area contributed by atoms with E-state index in [-0.39, 0.29) is 18.0 Å². The number of sulfonamides is 1. The lowest BCUT2D eigenvalue weighted by Gasteiger charge is -2.14. The van der Waals surface area contributed by atoms with Crippen LogP contribution >= 0.6 is 0 Å². The van der Waals surface area contributed by atoms with Gasteiger partial charge in [0.25, 0.3) is 0 Å². The molecule has 2 rings (SSSR count). The Morgan fingerprint density at radius 2 is 2.25 bits per heavy atom. The average Bonchev–Trinajstić information content (AvgIpc) is 2.99. The molecule has 108 valence electrons. The van der Waals surface area contributed by atoms with Gasteiger partial charge in [-0.1, -0.05) is 0 Å². The van der Waals surface area contributed by atoms with Crippen molar-refractivity contribution in [3.05, 3.63) is 30.4 Å². The molecular formula is C10H13N5O4S. The maximum atomic E-state index is 12.3.